The summed E-state index contributed by atoms with van der Waals surface area (Å²) < 4.78 is 0. The van der Waals surface area contributed by atoms with Crippen molar-refractivity contribution >= 4 is 23.2 Å². The van der Waals surface area contributed by atoms with Crippen molar-refractivity contribution < 1.29 is 9.59 Å². The summed E-state index contributed by atoms with van der Waals surface area (Å²) in [6, 6.07) is 16.7. The van der Waals surface area contributed by atoms with E-state index in [4.69, 9.17) is 5.73 Å². The van der Waals surface area contributed by atoms with E-state index in [9.17, 15) is 9.59 Å². The molecule has 0 unspecified atom stereocenters. The van der Waals surface area contributed by atoms with Crippen molar-refractivity contribution in [2.24, 2.45) is 5.73 Å². The van der Waals surface area contributed by atoms with E-state index in [1.807, 2.05) is 24.3 Å². The van der Waals surface area contributed by atoms with Gasteiger partial charge in [0.25, 0.3) is 0 Å². The van der Waals surface area contributed by atoms with Gasteiger partial charge in [0.1, 0.15) is 0 Å². The van der Waals surface area contributed by atoms with Crippen LogP contribution in [0.3, 0.4) is 0 Å². The summed E-state index contributed by atoms with van der Waals surface area (Å²) in [6.45, 7) is 0.438. The fraction of sp³-hybridized carbons (Fsp3) is 0.391. The molecule has 1 fully saturated rings. The van der Waals surface area contributed by atoms with Crippen LogP contribution in [0.25, 0.3) is 0 Å². The molecule has 28 heavy (non-hydrogen) atoms. The topological polar surface area (TPSA) is 84.2 Å². The van der Waals surface area contributed by atoms with Crippen molar-refractivity contribution in [3.63, 3.8) is 0 Å². The Kier molecular flexibility index (Phi) is 7.06. The zero-order valence-electron chi connectivity index (χ0n) is 16.2. The first-order valence-corrected chi connectivity index (χ1v) is 10.1. The number of hydrogen-bond acceptors (Lipinski definition) is 3. The number of carbonyl (C=O) groups excluding carboxylic acids is 2. The van der Waals surface area contributed by atoms with Crippen molar-refractivity contribution in [2.75, 3.05) is 5.32 Å². The van der Waals surface area contributed by atoms with E-state index in [2.05, 4.69) is 34.9 Å². The number of amides is 2. The Morgan fingerprint density at radius 3 is 2.07 bits per heavy atom. The maximum absolute atomic E-state index is 11.6. The standard InChI is InChI=1S/C23H29N3O2/c24-22(27)14-15-23(28)25-16-17-6-10-20(11-7-17)26-21-12-8-19(9-13-21)18-4-2-1-3-5-18/h6-13,18,26H,1-5,14-16H2,(H2,24,27)(H,25,28). The summed E-state index contributed by atoms with van der Waals surface area (Å²) >= 11 is 0. The van der Waals surface area contributed by atoms with E-state index < -0.39 is 5.91 Å². The molecule has 0 aliphatic heterocycles. The number of nitrogens with two attached hydrogens (primary N) is 1. The van der Waals surface area contributed by atoms with Crippen molar-refractivity contribution in [1.82, 2.24) is 5.32 Å². The van der Waals surface area contributed by atoms with Crippen molar-refractivity contribution in [3.8, 4) is 0 Å². The summed E-state index contributed by atoms with van der Waals surface area (Å²) in [5.41, 5.74) is 9.59. The Morgan fingerprint density at radius 2 is 1.46 bits per heavy atom. The normalized spacial score (nSPS) is 14.4. The third-order valence-electron chi connectivity index (χ3n) is 5.32. The third kappa shape index (κ3) is 6.12. The second-order valence-corrected chi connectivity index (χ2v) is 7.52. The van der Waals surface area contributed by atoms with Crippen LogP contribution >= 0.6 is 0 Å². The van der Waals surface area contributed by atoms with Gasteiger partial charge in [-0.3, -0.25) is 9.59 Å². The summed E-state index contributed by atoms with van der Waals surface area (Å²) in [4.78, 5) is 22.3. The summed E-state index contributed by atoms with van der Waals surface area (Å²) in [6.07, 6.45) is 6.91. The molecule has 2 aromatic rings. The molecule has 0 atom stereocenters. The van der Waals surface area contributed by atoms with Gasteiger partial charge in [0.05, 0.1) is 0 Å². The first-order chi connectivity index (χ1) is 13.6. The SMILES string of the molecule is NC(=O)CCC(=O)NCc1ccc(Nc2ccc(C3CCCCC3)cc2)cc1. The fourth-order valence-corrected chi connectivity index (χ4v) is 3.67. The Bertz CT molecular complexity index is 778. The van der Waals surface area contributed by atoms with Crippen LogP contribution in [-0.4, -0.2) is 11.8 Å². The molecular weight excluding hydrogens is 350 g/mol. The van der Waals surface area contributed by atoms with Crippen LogP contribution < -0.4 is 16.4 Å². The van der Waals surface area contributed by atoms with Gasteiger partial charge in [-0.25, -0.2) is 0 Å². The Hall–Kier alpha value is -2.82. The zero-order chi connectivity index (χ0) is 19.8. The van der Waals surface area contributed by atoms with Crippen LogP contribution in [0.1, 0.15) is 62.0 Å². The Labute approximate surface area is 166 Å². The quantitative estimate of drug-likeness (QED) is 0.637. The second-order valence-electron chi connectivity index (χ2n) is 7.52. The zero-order valence-corrected chi connectivity index (χ0v) is 16.2. The van der Waals surface area contributed by atoms with Gasteiger partial charge in [0, 0.05) is 30.8 Å². The van der Waals surface area contributed by atoms with Gasteiger partial charge in [-0.05, 0) is 54.2 Å². The lowest BCUT2D eigenvalue weighted by Crippen LogP contribution is -2.24. The molecule has 5 heteroatoms. The molecule has 4 N–H and O–H groups in total. The van der Waals surface area contributed by atoms with Crippen LogP contribution in [0.5, 0.6) is 0 Å². The first kappa shape index (κ1) is 19.9. The lowest BCUT2D eigenvalue weighted by Gasteiger charge is -2.22. The van der Waals surface area contributed by atoms with Crippen molar-refractivity contribution in [3.05, 3.63) is 59.7 Å². The maximum Gasteiger partial charge on any atom is 0.220 e. The van der Waals surface area contributed by atoms with Crippen LogP contribution in [0.15, 0.2) is 48.5 Å². The summed E-state index contributed by atoms with van der Waals surface area (Å²) in [5, 5.41) is 6.21. The summed E-state index contributed by atoms with van der Waals surface area (Å²) in [7, 11) is 0. The van der Waals surface area contributed by atoms with E-state index in [0.717, 1.165) is 22.9 Å². The minimum Gasteiger partial charge on any atom is -0.370 e. The highest BCUT2D eigenvalue weighted by atomic mass is 16.2. The predicted octanol–water partition coefficient (Wildman–Crippen LogP) is 4.36. The first-order valence-electron chi connectivity index (χ1n) is 10.1. The second kappa shape index (κ2) is 9.93. The summed E-state index contributed by atoms with van der Waals surface area (Å²) in [5.74, 6) is 0.0941. The number of primary amides is 1. The highest BCUT2D eigenvalue weighted by Crippen LogP contribution is 2.33. The van der Waals surface area contributed by atoms with E-state index in [-0.39, 0.29) is 18.7 Å². The molecule has 1 aliphatic carbocycles. The minimum absolute atomic E-state index is 0.0776. The molecule has 1 saturated carbocycles. The molecule has 0 saturated heterocycles. The lowest BCUT2D eigenvalue weighted by molar-refractivity contribution is -0.125. The van der Waals surface area contributed by atoms with Gasteiger partial charge in [0.2, 0.25) is 11.8 Å². The Morgan fingerprint density at radius 1 is 0.857 bits per heavy atom. The molecule has 3 rings (SSSR count). The monoisotopic (exact) mass is 379 g/mol. The van der Waals surface area contributed by atoms with E-state index >= 15 is 0 Å². The third-order valence-corrected chi connectivity index (χ3v) is 5.32. The van der Waals surface area contributed by atoms with Crippen LogP contribution in [0.4, 0.5) is 11.4 Å². The smallest absolute Gasteiger partial charge is 0.220 e. The highest BCUT2D eigenvalue weighted by molar-refractivity contribution is 5.82. The molecule has 148 valence electrons. The van der Waals surface area contributed by atoms with Gasteiger partial charge < -0.3 is 16.4 Å². The van der Waals surface area contributed by atoms with Crippen LogP contribution in [-0.2, 0) is 16.1 Å². The number of benzene rings is 2. The Balaban J connectivity index is 1.48. The molecule has 0 bridgehead atoms. The van der Waals surface area contributed by atoms with E-state index in [1.54, 1.807) is 0 Å². The molecule has 2 amide bonds. The lowest BCUT2D eigenvalue weighted by atomic mass is 9.84. The number of rotatable bonds is 8. The van der Waals surface area contributed by atoms with Crippen molar-refractivity contribution in [1.29, 1.82) is 0 Å². The predicted molar refractivity (Wildman–Crippen MR) is 112 cm³/mol. The highest BCUT2D eigenvalue weighted by Gasteiger charge is 2.15. The van der Waals surface area contributed by atoms with Gasteiger partial charge in [-0.15, -0.1) is 0 Å². The molecule has 5 nitrogen and oxygen atoms in total. The van der Waals surface area contributed by atoms with Gasteiger partial charge in [0.15, 0.2) is 0 Å². The number of nitrogens with one attached hydrogen (secondary N) is 2. The average molecular weight is 380 g/mol. The maximum atomic E-state index is 11.6. The van der Waals surface area contributed by atoms with Crippen LogP contribution in [0.2, 0.25) is 0 Å². The molecular formula is C23H29N3O2. The number of anilines is 2. The fourth-order valence-electron chi connectivity index (χ4n) is 3.67. The van der Waals surface area contributed by atoms with Gasteiger partial charge in [-0.1, -0.05) is 43.5 Å². The number of carbonyl (C=O) groups is 2. The largest absolute Gasteiger partial charge is 0.370 e. The van der Waals surface area contributed by atoms with E-state index in [0.29, 0.717) is 6.54 Å². The van der Waals surface area contributed by atoms with Gasteiger partial charge >= 0.3 is 0 Å². The molecule has 1 aliphatic rings. The van der Waals surface area contributed by atoms with E-state index in [1.165, 1.54) is 37.7 Å². The molecule has 0 radical (unpaired) electrons. The average Bonchev–Trinajstić information content (AvgIpc) is 2.73. The van der Waals surface area contributed by atoms with Crippen LogP contribution in [0, 0.1) is 0 Å². The minimum atomic E-state index is -0.461. The molecule has 0 heterocycles. The van der Waals surface area contributed by atoms with Gasteiger partial charge in [-0.2, -0.15) is 0 Å². The molecule has 0 spiro atoms. The number of hydrogen-bond donors (Lipinski definition) is 3. The molecule has 2 aromatic carbocycles. The van der Waals surface area contributed by atoms with Crippen molar-refractivity contribution in [2.45, 2.75) is 57.4 Å². The molecule has 0 aromatic heterocycles.